The van der Waals surface area contributed by atoms with E-state index in [1.54, 1.807) is 22.2 Å². The summed E-state index contributed by atoms with van der Waals surface area (Å²) in [5, 5.41) is 0. The summed E-state index contributed by atoms with van der Waals surface area (Å²) >= 11 is 0. The van der Waals surface area contributed by atoms with E-state index in [0.717, 1.165) is 59.3 Å². The zero-order valence-corrected chi connectivity index (χ0v) is 28.8. The van der Waals surface area contributed by atoms with Crippen molar-refractivity contribution in [2.24, 2.45) is 0 Å². The lowest BCUT2D eigenvalue weighted by molar-refractivity contribution is -0.0502. The summed E-state index contributed by atoms with van der Waals surface area (Å²) in [5.41, 5.74) is 5.66. The van der Waals surface area contributed by atoms with Gasteiger partial charge in [0.25, 0.3) is 11.8 Å². The molecule has 4 saturated heterocycles. The Morgan fingerprint density at radius 1 is 0.558 bits per heavy atom. The Balaban J connectivity index is 0.898. The molecule has 0 spiro atoms. The SMILES string of the molecule is O=C(N1CCC(F)(F)CC1)N1CCC[C@H]1c1ncc(-c2ccc(-c3ccc(-c4cnc([C@@H]5CCCN5C(=O)N5CCC(F)(F)CC5)[nH]4)cc3)cc2)[nH]1. The van der Waals surface area contributed by atoms with Crippen LogP contribution in [0.4, 0.5) is 27.2 Å². The fraction of sp³-hybridized carbons (Fsp3) is 0.474. The number of urea groups is 2. The van der Waals surface area contributed by atoms with Crippen molar-refractivity contribution in [2.75, 3.05) is 39.3 Å². The van der Waals surface area contributed by atoms with Crippen molar-refractivity contribution in [2.45, 2.75) is 75.3 Å². The number of rotatable bonds is 5. The number of benzene rings is 2. The Hall–Kier alpha value is -4.88. The molecule has 2 aromatic carbocycles. The first kappa shape index (κ1) is 34.2. The van der Waals surface area contributed by atoms with Crippen molar-refractivity contribution in [3.63, 3.8) is 0 Å². The molecule has 52 heavy (non-hydrogen) atoms. The number of hydrogen-bond donors (Lipinski definition) is 2. The van der Waals surface area contributed by atoms with Crippen molar-refractivity contribution >= 4 is 12.1 Å². The van der Waals surface area contributed by atoms with E-state index in [0.29, 0.717) is 24.7 Å². The van der Waals surface area contributed by atoms with Crippen LogP contribution < -0.4 is 0 Å². The average Bonchev–Trinajstić information content (AvgIpc) is 3.98. The fourth-order valence-electron chi connectivity index (χ4n) is 7.96. The number of carbonyl (C=O) groups excluding carboxylic acids is 2. The number of nitrogens with zero attached hydrogens (tertiary/aromatic N) is 6. The molecule has 0 radical (unpaired) electrons. The lowest BCUT2D eigenvalue weighted by atomic mass is 10.0. The molecule has 2 atom stereocenters. The van der Waals surface area contributed by atoms with Crippen molar-refractivity contribution in [1.29, 1.82) is 0 Å². The van der Waals surface area contributed by atoms with Gasteiger partial charge in [-0.15, -0.1) is 0 Å². The molecule has 14 heteroatoms. The third-order valence-corrected chi connectivity index (χ3v) is 11.1. The Bertz CT molecular complexity index is 1750. The molecule has 0 saturated carbocycles. The van der Waals surface area contributed by atoms with E-state index in [1.165, 1.54) is 9.80 Å². The van der Waals surface area contributed by atoms with Crippen LogP contribution in [0.15, 0.2) is 60.9 Å². The number of H-pyrrole nitrogens is 2. The maximum absolute atomic E-state index is 13.7. The molecule has 2 N–H and O–H groups in total. The summed E-state index contributed by atoms with van der Waals surface area (Å²) in [6.45, 7) is 1.41. The molecule has 4 amide bonds. The van der Waals surface area contributed by atoms with Gasteiger partial charge in [0, 0.05) is 65.0 Å². The topological polar surface area (TPSA) is 104 Å². The molecule has 8 rings (SSSR count). The minimum absolute atomic E-state index is 0.0650. The van der Waals surface area contributed by atoms with Crippen LogP contribution in [0.25, 0.3) is 33.6 Å². The number of likely N-dealkylation sites (tertiary alicyclic amines) is 4. The van der Waals surface area contributed by atoms with Crippen molar-refractivity contribution < 1.29 is 27.2 Å². The number of imidazole rings is 2. The first-order valence-electron chi connectivity index (χ1n) is 18.2. The minimum atomic E-state index is -2.70. The smallest absolute Gasteiger partial charge is 0.320 e. The van der Waals surface area contributed by atoms with E-state index >= 15 is 0 Å². The Morgan fingerprint density at radius 3 is 1.27 bits per heavy atom. The summed E-state index contributed by atoms with van der Waals surface area (Å²) in [6, 6.07) is 15.5. The summed E-state index contributed by atoms with van der Waals surface area (Å²) in [7, 11) is 0. The number of carbonyl (C=O) groups is 2. The van der Waals surface area contributed by atoms with Crippen LogP contribution >= 0.6 is 0 Å². The summed E-state index contributed by atoms with van der Waals surface area (Å²) < 4.78 is 54.7. The minimum Gasteiger partial charge on any atom is -0.340 e. The monoisotopic (exact) mass is 718 g/mol. The van der Waals surface area contributed by atoms with Gasteiger partial charge < -0.3 is 29.6 Å². The standard InChI is InChI=1S/C38H42F4N8O2/c39-37(40)13-19-47(20-14-37)35(51)49-17-1-3-31(49)33-43-23-29(45-33)27-9-5-25(6-10-27)26-7-11-28(12-8-26)30-24-44-34(46-30)32-4-2-18-50(32)36(52)48-21-15-38(41,42)16-22-48/h5-12,23-24,31-32H,1-4,13-22H2,(H,43,45)(H,44,46)/t31-,32-/m0/s1. The quantitative estimate of drug-likeness (QED) is 0.204. The number of alkyl halides is 4. The van der Waals surface area contributed by atoms with Gasteiger partial charge in [0.1, 0.15) is 11.6 Å². The fourth-order valence-corrected chi connectivity index (χ4v) is 7.96. The van der Waals surface area contributed by atoms with Crippen LogP contribution in [-0.2, 0) is 0 Å². The summed E-state index contributed by atoms with van der Waals surface area (Å²) in [6.07, 6.45) is 5.55. The first-order valence-corrected chi connectivity index (χ1v) is 18.2. The lowest BCUT2D eigenvalue weighted by Crippen LogP contribution is -2.48. The summed E-state index contributed by atoms with van der Waals surface area (Å²) in [5.74, 6) is -4.00. The predicted octanol–water partition coefficient (Wildman–Crippen LogP) is 8.11. The first-order chi connectivity index (χ1) is 25.0. The Morgan fingerprint density at radius 2 is 0.904 bits per heavy atom. The molecule has 10 nitrogen and oxygen atoms in total. The lowest BCUT2D eigenvalue weighted by Gasteiger charge is -2.36. The molecule has 0 bridgehead atoms. The molecular weight excluding hydrogens is 676 g/mol. The molecule has 2 aromatic heterocycles. The van der Waals surface area contributed by atoms with Crippen LogP contribution in [0.3, 0.4) is 0 Å². The van der Waals surface area contributed by atoms with Crippen LogP contribution in [0.2, 0.25) is 0 Å². The maximum Gasteiger partial charge on any atom is 0.320 e. The van der Waals surface area contributed by atoms with E-state index in [1.807, 2.05) is 48.5 Å². The van der Waals surface area contributed by atoms with E-state index in [9.17, 15) is 27.2 Å². The molecule has 274 valence electrons. The van der Waals surface area contributed by atoms with Gasteiger partial charge in [-0.2, -0.15) is 0 Å². The number of halogens is 4. The van der Waals surface area contributed by atoms with Gasteiger partial charge in [-0.25, -0.2) is 37.1 Å². The van der Waals surface area contributed by atoms with E-state index in [2.05, 4.69) is 19.9 Å². The van der Waals surface area contributed by atoms with Crippen LogP contribution in [0.5, 0.6) is 0 Å². The number of aromatic nitrogens is 4. The summed E-state index contributed by atoms with van der Waals surface area (Å²) in [4.78, 5) is 49.1. The highest BCUT2D eigenvalue weighted by molar-refractivity contribution is 5.76. The maximum atomic E-state index is 13.7. The Kier molecular flexibility index (Phi) is 8.94. The van der Waals surface area contributed by atoms with E-state index in [4.69, 9.17) is 0 Å². The highest BCUT2D eigenvalue weighted by Crippen LogP contribution is 2.37. The number of aromatic amines is 2. The highest BCUT2D eigenvalue weighted by atomic mass is 19.3. The molecule has 0 aliphatic carbocycles. The van der Waals surface area contributed by atoms with Crippen molar-refractivity contribution in [1.82, 2.24) is 39.5 Å². The molecular formula is C38H42F4N8O2. The molecule has 0 unspecified atom stereocenters. The molecule has 4 aliphatic heterocycles. The Labute approximate surface area is 299 Å². The van der Waals surface area contributed by atoms with Gasteiger partial charge >= 0.3 is 12.1 Å². The van der Waals surface area contributed by atoms with Gasteiger partial charge in [0.2, 0.25) is 0 Å². The number of piperidine rings is 2. The van der Waals surface area contributed by atoms with Gasteiger partial charge in [0.05, 0.1) is 35.9 Å². The number of amides is 4. The molecule has 4 aliphatic rings. The van der Waals surface area contributed by atoms with Crippen LogP contribution in [0.1, 0.15) is 75.1 Å². The van der Waals surface area contributed by atoms with Gasteiger partial charge in [0.15, 0.2) is 0 Å². The average molecular weight is 719 g/mol. The zero-order valence-electron chi connectivity index (χ0n) is 28.8. The predicted molar refractivity (Wildman–Crippen MR) is 187 cm³/mol. The zero-order chi connectivity index (χ0) is 36.0. The third kappa shape index (κ3) is 6.86. The second kappa shape index (κ2) is 13.6. The molecule has 4 aromatic rings. The van der Waals surface area contributed by atoms with Gasteiger partial charge in [-0.3, -0.25) is 0 Å². The van der Waals surface area contributed by atoms with E-state index in [-0.39, 0.29) is 76.0 Å². The van der Waals surface area contributed by atoms with E-state index < -0.39 is 11.8 Å². The van der Waals surface area contributed by atoms with Crippen LogP contribution in [0, 0.1) is 0 Å². The second-order valence-corrected chi connectivity index (χ2v) is 14.5. The number of hydrogen-bond acceptors (Lipinski definition) is 4. The van der Waals surface area contributed by atoms with Crippen LogP contribution in [-0.4, -0.2) is 103 Å². The third-order valence-electron chi connectivity index (χ3n) is 11.1. The largest absolute Gasteiger partial charge is 0.340 e. The number of nitrogens with one attached hydrogen (secondary N) is 2. The second-order valence-electron chi connectivity index (χ2n) is 14.5. The molecule has 6 heterocycles. The van der Waals surface area contributed by atoms with Gasteiger partial charge in [-0.05, 0) is 47.9 Å². The molecule has 4 fully saturated rings. The normalized spacial score (nSPS) is 23.0. The van der Waals surface area contributed by atoms with Crippen molar-refractivity contribution in [3.05, 3.63) is 72.6 Å². The highest BCUT2D eigenvalue weighted by Gasteiger charge is 2.41. The van der Waals surface area contributed by atoms with Gasteiger partial charge in [-0.1, -0.05) is 48.5 Å². The van der Waals surface area contributed by atoms with Crippen molar-refractivity contribution in [3.8, 4) is 33.6 Å².